The SMILES string of the molecule is CC(C)[C@H]1CC[C@H](C)C[C@H]1OC(=O)COC(=O)c1sc2cc(Cl)ccc2c1Cl. The third kappa shape index (κ3) is 4.81. The molecular formula is C21H24Cl2O4S. The molecule has 3 rings (SSSR count). The van der Waals surface area contributed by atoms with Crippen LogP contribution in [0, 0.1) is 17.8 Å². The molecule has 0 bridgehead atoms. The maximum Gasteiger partial charge on any atom is 0.350 e. The number of thiophene rings is 1. The Labute approximate surface area is 179 Å². The molecule has 1 aromatic heterocycles. The molecule has 0 saturated heterocycles. The van der Waals surface area contributed by atoms with Crippen LogP contribution in [-0.4, -0.2) is 24.6 Å². The summed E-state index contributed by atoms with van der Waals surface area (Å²) < 4.78 is 11.6. The summed E-state index contributed by atoms with van der Waals surface area (Å²) in [6, 6.07) is 5.22. The summed E-state index contributed by atoms with van der Waals surface area (Å²) in [5, 5.41) is 1.62. The summed E-state index contributed by atoms with van der Waals surface area (Å²) in [5.74, 6) is 0.171. The summed E-state index contributed by atoms with van der Waals surface area (Å²) in [5.41, 5.74) is 0. The first-order valence-corrected chi connectivity index (χ1v) is 11.1. The van der Waals surface area contributed by atoms with Gasteiger partial charge in [0.15, 0.2) is 6.61 Å². The predicted octanol–water partition coefficient (Wildman–Crippen LogP) is 6.37. The maximum atomic E-state index is 12.4. The van der Waals surface area contributed by atoms with Gasteiger partial charge in [-0.05, 0) is 42.7 Å². The lowest BCUT2D eigenvalue weighted by Gasteiger charge is -2.36. The highest BCUT2D eigenvalue weighted by atomic mass is 35.5. The van der Waals surface area contributed by atoms with Crippen molar-refractivity contribution in [2.24, 2.45) is 17.8 Å². The smallest absolute Gasteiger partial charge is 0.350 e. The molecule has 0 unspecified atom stereocenters. The number of carbonyl (C=O) groups is 2. The predicted molar refractivity (Wildman–Crippen MR) is 113 cm³/mol. The van der Waals surface area contributed by atoms with Gasteiger partial charge in [0, 0.05) is 15.1 Å². The zero-order chi connectivity index (χ0) is 20.4. The van der Waals surface area contributed by atoms with Crippen molar-refractivity contribution in [1.82, 2.24) is 0 Å². The standard InChI is InChI=1S/C21H24Cl2O4S/c1-11(2)14-6-4-12(3)8-16(14)27-18(24)10-26-21(25)20-19(23)15-7-5-13(22)9-17(15)28-20/h5,7,9,11-12,14,16H,4,6,8,10H2,1-3H3/t12-,14+,16+/m0/s1. The second-order valence-corrected chi connectivity index (χ2v) is 9.68. The van der Waals surface area contributed by atoms with Crippen LogP contribution >= 0.6 is 34.5 Å². The first kappa shape index (κ1) is 21.4. The van der Waals surface area contributed by atoms with E-state index in [-0.39, 0.29) is 11.0 Å². The average molecular weight is 443 g/mol. The number of fused-ring (bicyclic) bond motifs is 1. The lowest BCUT2D eigenvalue weighted by Crippen LogP contribution is -2.36. The van der Waals surface area contributed by atoms with Gasteiger partial charge in [0.2, 0.25) is 0 Å². The maximum absolute atomic E-state index is 12.4. The van der Waals surface area contributed by atoms with Gasteiger partial charge in [0.1, 0.15) is 11.0 Å². The lowest BCUT2D eigenvalue weighted by molar-refractivity contribution is -0.159. The van der Waals surface area contributed by atoms with Gasteiger partial charge in [-0.15, -0.1) is 11.3 Å². The van der Waals surface area contributed by atoms with Crippen molar-refractivity contribution in [2.75, 3.05) is 6.61 Å². The van der Waals surface area contributed by atoms with Crippen molar-refractivity contribution in [3.63, 3.8) is 0 Å². The molecule has 1 fully saturated rings. The number of hydrogen-bond acceptors (Lipinski definition) is 5. The normalized spacial score (nSPS) is 22.4. The minimum atomic E-state index is -0.628. The molecule has 0 amide bonds. The molecule has 7 heteroatoms. The molecule has 28 heavy (non-hydrogen) atoms. The van der Waals surface area contributed by atoms with Crippen LogP contribution in [0.25, 0.3) is 10.1 Å². The number of benzene rings is 1. The molecule has 1 saturated carbocycles. The van der Waals surface area contributed by atoms with Crippen molar-refractivity contribution in [3.8, 4) is 0 Å². The molecule has 1 aliphatic carbocycles. The molecule has 4 nitrogen and oxygen atoms in total. The van der Waals surface area contributed by atoms with Crippen LogP contribution in [0.5, 0.6) is 0 Å². The van der Waals surface area contributed by atoms with Crippen molar-refractivity contribution in [2.45, 2.75) is 46.1 Å². The molecule has 0 aliphatic heterocycles. The molecule has 152 valence electrons. The van der Waals surface area contributed by atoms with Crippen molar-refractivity contribution >= 4 is 56.6 Å². The van der Waals surface area contributed by atoms with Crippen LogP contribution in [0.15, 0.2) is 18.2 Å². The average Bonchev–Trinajstić information content (AvgIpc) is 2.95. The third-order valence-electron chi connectivity index (χ3n) is 5.34. The van der Waals surface area contributed by atoms with Crippen molar-refractivity contribution < 1.29 is 19.1 Å². The Morgan fingerprint density at radius 3 is 2.71 bits per heavy atom. The Kier molecular flexibility index (Phi) is 6.89. The van der Waals surface area contributed by atoms with E-state index >= 15 is 0 Å². The minimum absolute atomic E-state index is 0.120. The van der Waals surface area contributed by atoms with E-state index in [9.17, 15) is 9.59 Å². The Hall–Kier alpha value is -1.30. The highest BCUT2D eigenvalue weighted by Gasteiger charge is 2.33. The summed E-state index contributed by atoms with van der Waals surface area (Å²) in [6.07, 6.45) is 2.94. The number of hydrogen-bond donors (Lipinski definition) is 0. The van der Waals surface area contributed by atoms with Crippen LogP contribution in [-0.2, 0) is 14.3 Å². The molecule has 0 spiro atoms. The van der Waals surface area contributed by atoms with Gasteiger partial charge in [0.05, 0.1) is 5.02 Å². The van der Waals surface area contributed by atoms with Crippen LogP contribution in [0.1, 0.15) is 49.7 Å². The van der Waals surface area contributed by atoms with Crippen LogP contribution < -0.4 is 0 Å². The first-order chi connectivity index (χ1) is 13.3. The van der Waals surface area contributed by atoms with Gasteiger partial charge in [0.25, 0.3) is 0 Å². The van der Waals surface area contributed by atoms with Crippen LogP contribution in [0.4, 0.5) is 0 Å². The number of halogens is 2. The molecule has 0 radical (unpaired) electrons. The van der Waals surface area contributed by atoms with E-state index < -0.39 is 18.5 Å². The second kappa shape index (κ2) is 9.02. The van der Waals surface area contributed by atoms with E-state index in [1.807, 2.05) is 0 Å². The number of esters is 2. The third-order valence-corrected chi connectivity index (χ3v) is 7.21. The van der Waals surface area contributed by atoms with E-state index in [4.69, 9.17) is 32.7 Å². The van der Waals surface area contributed by atoms with E-state index in [2.05, 4.69) is 20.8 Å². The zero-order valence-electron chi connectivity index (χ0n) is 16.2. The van der Waals surface area contributed by atoms with Crippen molar-refractivity contribution in [3.05, 3.63) is 33.1 Å². The topological polar surface area (TPSA) is 52.6 Å². The van der Waals surface area contributed by atoms with Gasteiger partial charge >= 0.3 is 11.9 Å². The molecule has 3 atom stereocenters. The number of ether oxygens (including phenoxy) is 2. The Morgan fingerprint density at radius 2 is 2.00 bits per heavy atom. The molecule has 2 aromatic rings. The van der Waals surface area contributed by atoms with Crippen LogP contribution in [0.2, 0.25) is 10.0 Å². The molecular weight excluding hydrogens is 419 g/mol. The minimum Gasteiger partial charge on any atom is -0.460 e. The van der Waals surface area contributed by atoms with Gasteiger partial charge in [-0.2, -0.15) is 0 Å². The highest BCUT2D eigenvalue weighted by Crippen LogP contribution is 2.37. The molecule has 0 N–H and O–H groups in total. The van der Waals surface area contributed by atoms with Gasteiger partial charge in [-0.25, -0.2) is 9.59 Å². The van der Waals surface area contributed by atoms with Gasteiger partial charge in [-0.1, -0.05) is 56.5 Å². The first-order valence-electron chi connectivity index (χ1n) is 9.50. The highest BCUT2D eigenvalue weighted by molar-refractivity contribution is 7.21. The molecule has 1 aliphatic rings. The summed E-state index contributed by atoms with van der Waals surface area (Å²) in [4.78, 5) is 24.9. The largest absolute Gasteiger partial charge is 0.460 e. The summed E-state index contributed by atoms with van der Waals surface area (Å²) in [6.45, 7) is 6.06. The fourth-order valence-corrected chi connectivity index (χ4v) is 5.49. The van der Waals surface area contributed by atoms with E-state index in [0.29, 0.717) is 27.8 Å². The van der Waals surface area contributed by atoms with Crippen molar-refractivity contribution in [1.29, 1.82) is 0 Å². The fourth-order valence-electron chi connectivity index (χ4n) is 3.81. The Morgan fingerprint density at radius 1 is 1.25 bits per heavy atom. The van der Waals surface area contributed by atoms with Gasteiger partial charge in [-0.3, -0.25) is 0 Å². The Bertz CT molecular complexity index is 877. The van der Waals surface area contributed by atoms with E-state index in [1.54, 1.807) is 18.2 Å². The number of carbonyl (C=O) groups excluding carboxylic acids is 2. The van der Waals surface area contributed by atoms with Gasteiger partial charge < -0.3 is 9.47 Å². The molecule has 1 heterocycles. The Balaban J connectivity index is 1.61. The molecule has 1 aromatic carbocycles. The lowest BCUT2D eigenvalue weighted by atomic mass is 9.75. The quantitative estimate of drug-likeness (QED) is 0.504. The van der Waals surface area contributed by atoms with E-state index in [0.717, 1.165) is 29.3 Å². The van der Waals surface area contributed by atoms with E-state index in [1.165, 1.54) is 11.3 Å². The summed E-state index contributed by atoms with van der Waals surface area (Å²) in [7, 11) is 0. The number of rotatable bonds is 5. The zero-order valence-corrected chi connectivity index (χ0v) is 18.5. The monoisotopic (exact) mass is 442 g/mol. The summed E-state index contributed by atoms with van der Waals surface area (Å²) >= 11 is 13.5. The fraction of sp³-hybridized carbons (Fsp3) is 0.524. The van der Waals surface area contributed by atoms with Crippen LogP contribution in [0.3, 0.4) is 0 Å². The second-order valence-electron chi connectivity index (χ2n) is 7.82.